The summed E-state index contributed by atoms with van der Waals surface area (Å²) in [5.41, 5.74) is 3.19. The maximum Gasteiger partial charge on any atom is 0.442 e. The Labute approximate surface area is 195 Å². The van der Waals surface area contributed by atoms with Crippen molar-refractivity contribution in [3.8, 4) is 0 Å². The quantitative estimate of drug-likeness (QED) is 0.324. The lowest BCUT2D eigenvalue weighted by atomic mass is 9.97. The molecule has 1 aliphatic rings. The smallest absolute Gasteiger partial charge is 0.442 e. The Bertz CT molecular complexity index is 1670. The van der Waals surface area contributed by atoms with Gasteiger partial charge in [0, 0.05) is 46.0 Å². The number of hydrogen-bond donors (Lipinski definition) is 0. The molecule has 0 fully saturated rings. The first kappa shape index (κ1) is 20.3. The van der Waals surface area contributed by atoms with Crippen molar-refractivity contribution in [1.29, 1.82) is 0 Å². The first-order valence-electron chi connectivity index (χ1n) is 10.7. The molecule has 2 aromatic carbocycles. The SMILES string of the molecule is O=c1oc2c(CCN3CC=C(c4cccc5ccoc45)CC3)c3cc(Br)ccc3n2oc1=O. The fourth-order valence-electron chi connectivity index (χ4n) is 4.63. The molecule has 0 saturated carbocycles. The van der Waals surface area contributed by atoms with E-state index in [-0.39, 0.29) is 5.71 Å². The predicted octanol–water partition coefficient (Wildman–Crippen LogP) is 4.84. The zero-order valence-corrected chi connectivity index (χ0v) is 19.1. The number of para-hydroxylation sites is 1. The Kier molecular flexibility index (Phi) is 4.85. The highest BCUT2D eigenvalue weighted by Gasteiger charge is 2.20. The molecule has 0 radical (unpaired) electrons. The van der Waals surface area contributed by atoms with Gasteiger partial charge in [-0.05, 0) is 42.7 Å². The number of furan rings is 1. The lowest BCUT2D eigenvalue weighted by Crippen LogP contribution is -2.30. The molecule has 0 atom stereocenters. The number of nitrogens with zero attached hydrogens (tertiary/aromatic N) is 2. The molecule has 0 saturated heterocycles. The van der Waals surface area contributed by atoms with Crippen molar-refractivity contribution in [2.24, 2.45) is 0 Å². The second-order valence-corrected chi connectivity index (χ2v) is 9.10. The zero-order chi connectivity index (χ0) is 22.5. The molecule has 166 valence electrons. The molecule has 0 unspecified atom stereocenters. The number of aromatic nitrogens is 1. The Balaban J connectivity index is 1.28. The summed E-state index contributed by atoms with van der Waals surface area (Å²) in [4.78, 5) is 26.0. The van der Waals surface area contributed by atoms with Crippen LogP contribution < -0.4 is 11.3 Å². The first-order chi connectivity index (χ1) is 16.1. The van der Waals surface area contributed by atoms with Gasteiger partial charge in [0.25, 0.3) is 0 Å². The van der Waals surface area contributed by atoms with Crippen LogP contribution in [0.1, 0.15) is 17.5 Å². The number of rotatable bonds is 4. The van der Waals surface area contributed by atoms with Gasteiger partial charge in [-0.1, -0.05) is 40.2 Å². The van der Waals surface area contributed by atoms with Crippen molar-refractivity contribution < 1.29 is 13.4 Å². The van der Waals surface area contributed by atoms with E-state index in [1.54, 1.807) is 6.26 Å². The predicted molar refractivity (Wildman–Crippen MR) is 129 cm³/mol. The second-order valence-electron chi connectivity index (χ2n) is 8.18. The van der Waals surface area contributed by atoms with Crippen LogP contribution in [0.25, 0.3) is 33.2 Å². The topological polar surface area (TPSA) is 81.2 Å². The lowest BCUT2D eigenvalue weighted by molar-refractivity contribution is 0.283. The highest BCUT2D eigenvalue weighted by atomic mass is 79.9. The third kappa shape index (κ3) is 3.46. The maximum absolute atomic E-state index is 11.9. The summed E-state index contributed by atoms with van der Waals surface area (Å²) >= 11 is 3.50. The number of halogens is 1. The molecule has 0 aliphatic carbocycles. The Morgan fingerprint density at radius 3 is 2.82 bits per heavy atom. The van der Waals surface area contributed by atoms with Gasteiger partial charge in [0.05, 0.1) is 11.8 Å². The molecule has 7 nitrogen and oxygen atoms in total. The van der Waals surface area contributed by atoms with Crippen molar-refractivity contribution in [1.82, 2.24) is 9.47 Å². The Hall–Kier alpha value is -3.36. The van der Waals surface area contributed by atoms with E-state index in [4.69, 9.17) is 13.4 Å². The summed E-state index contributed by atoms with van der Waals surface area (Å²) in [5, 5.41) is 2.00. The van der Waals surface area contributed by atoms with E-state index in [0.717, 1.165) is 58.0 Å². The van der Waals surface area contributed by atoms with Gasteiger partial charge in [-0.2, -0.15) is 0 Å². The molecule has 8 heteroatoms. The van der Waals surface area contributed by atoms with Crippen LogP contribution in [0.15, 0.2) is 82.2 Å². The number of benzene rings is 2. The van der Waals surface area contributed by atoms with Crippen LogP contribution in [0.3, 0.4) is 0 Å². The number of hydrogen-bond acceptors (Lipinski definition) is 6. The average molecular weight is 507 g/mol. The van der Waals surface area contributed by atoms with Crippen molar-refractivity contribution in [3.05, 3.63) is 91.2 Å². The minimum Gasteiger partial charge on any atom is -0.464 e. The van der Waals surface area contributed by atoms with E-state index >= 15 is 0 Å². The molecular weight excluding hydrogens is 488 g/mol. The summed E-state index contributed by atoms with van der Waals surface area (Å²) < 4.78 is 18.5. The van der Waals surface area contributed by atoms with Crippen LogP contribution in [0.5, 0.6) is 0 Å². The van der Waals surface area contributed by atoms with Crippen molar-refractivity contribution in [2.75, 3.05) is 19.6 Å². The molecule has 1 aliphatic heterocycles. The van der Waals surface area contributed by atoms with Crippen LogP contribution in [0, 0.1) is 0 Å². The minimum absolute atomic E-state index is 0.283. The molecule has 4 heterocycles. The van der Waals surface area contributed by atoms with Gasteiger partial charge < -0.3 is 13.4 Å². The first-order valence-corrected chi connectivity index (χ1v) is 11.5. The van der Waals surface area contributed by atoms with Crippen LogP contribution in [-0.4, -0.2) is 29.1 Å². The van der Waals surface area contributed by atoms with Crippen molar-refractivity contribution in [2.45, 2.75) is 12.8 Å². The van der Waals surface area contributed by atoms with E-state index in [1.165, 1.54) is 10.1 Å². The van der Waals surface area contributed by atoms with Crippen LogP contribution in [0.4, 0.5) is 0 Å². The molecule has 6 rings (SSSR count). The fourth-order valence-corrected chi connectivity index (χ4v) is 4.99. The summed E-state index contributed by atoms with van der Waals surface area (Å²) in [6.45, 7) is 2.51. The summed E-state index contributed by atoms with van der Waals surface area (Å²) in [6, 6.07) is 13.9. The van der Waals surface area contributed by atoms with Gasteiger partial charge in [-0.3, -0.25) is 4.90 Å². The van der Waals surface area contributed by atoms with Crippen LogP contribution in [-0.2, 0) is 6.42 Å². The molecule has 33 heavy (non-hydrogen) atoms. The molecular formula is C25H19BrN2O5. The Morgan fingerprint density at radius 1 is 1.06 bits per heavy atom. The molecule has 0 spiro atoms. The van der Waals surface area contributed by atoms with Gasteiger partial charge >= 0.3 is 11.3 Å². The van der Waals surface area contributed by atoms with Gasteiger partial charge in [0.2, 0.25) is 5.71 Å². The van der Waals surface area contributed by atoms with E-state index in [0.29, 0.717) is 11.9 Å². The summed E-state index contributed by atoms with van der Waals surface area (Å²) in [7, 11) is 0. The molecule has 0 bridgehead atoms. The highest BCUT2D eigenvalue weighted by Crippen LogP contribution is 2.31. The molecule has 5 aromatic rings. The number of fused-ring (bicyclic) bond motifs is 4. The zero-order valence-electron chi connectivity index (χ0n) is 17.5. The van der Waals surface area contributed by atoms with Crippen LogP contribution in [0.2, 0.25) is 0 Å². The highest BCUT2D eigenvalue weighted by molar-refractivity contribution is 9.10. The average Bonchev–Trinajstić information content (AvgIpc) is 3.41. The molecule has 3 aromatic heterocycles. The maximum atomic E-state index is 11.9. The van der Waals surface area contributed by atoms with Crippen molar-refractivity contribution >= 4 is 49.1 Å². The summed E-state index contributed by atoms with van der Waals surface area (Å²) in [5.74, 6) is 0. The van der Waals surface area contributed by atoms with Crippen molar-refractivity contribution in [3.63, 3.8) is 0 Å². The van der Waals surface area contributed by atoms with Crippen LogP contribution >= 0.6 is 15.9 Å². The third-order valence-corrected chi connectivity index (χ3v) is 6.76. The fraction of sp³-hybridized carbons (Fsp3) is 0.200. The lowest BCUT2D eigenvalue weighted by Gasteiger charge is -2.26. The standard InChI is InChI=1S/C25H19BrN2O5/c26-17-4-5-21-20(14-17)19(23-28(21)33-25(30)24(29)32-23)8-12-27-10-6-15(7-11-27)18-3-1-2-16-9-13-31-22(16)18/h1-6,9,13-14H,7-8,10-12H2. The largest absolute Gasteiger partial charge is 0.464 e. The normalized spacial score (nSPS) is 15.0. The van der Waals surface area contributed by atoms with E-state index in [1.807, 2.05) is 24.3 Å². The van der Waals surface area contributed by atoms with E-state index in [9.17, 15) is 9.59 Å². The van der Waals surface area contributed by atoms with E-state index in [2.05, 4.69) is 45.1 Å². The third-order valence-electron chi connectivity index (χ3n) is 6.27. The monoisotopic (exact) mass is 506 g/mol. The molecule has 0 amide bonds. The van der Waals surface area contributed by atoms with Gasteiger partial charge in [0.15, 0.2) is 0 Å². The van der Waals surface area contributed by atoms with Gasteiger partial charge in [-0.25, -0.2) is 9.59 Å². The van der Waals surface area contributed by atoms with E-state index < -0.39 is 11.3 Å². The Morgan fingerprint density at radius 2 is 1.97 bits per heavy atom. The van der Waals surface area contributed by atoms with Gasteiger partial charge in [-0.15, -0.1) is 4.57 Å². The van der Waals surface area contributed by atoms with Gasteiger partial charge in [0.1, 0.15) is 5.58 Å². The second kappa shape index (κ2) is 7.90. The summed E-state index contributed by atoms with van der Waals surface area (Å²) in [6.07, 6.45) is 5.56. The minimum atomic E-state index is -1.02. The molecule has 0 N–H and O–H groups in total.